The average Bonchev–Trinajstić information content (AvgIpc) is 3.33. The van der Waals surface area contributed by atoms with E-state index in [9.17, 15) is 22.4 Å². The summed E-state index contributed by atoms with van der Waals surface area (Å²) < 4.78 is 53.9. The molecule has 0 bridgehead atoms. The highest BCUT2D eigenvalue weighted by atomic mass is 19.4. The van der Waals surface area contributed by atoms with Gasteiger partial charge in [0.05, 0.1) is 17.7 Å². The van der Waals surface area contributed by atoms with Gasteiger partial charge >= 0.3 is 6.18 Å². The first-order chi connectivity index (χ1) is 17.2. The molecule has 12 heteroatoms. The van der Waals surface area contributed by atoms with Crippen LogP contribution in [-0.2, 0) is 6.18 Å². The van der Waals surface area contributed by atoms with Crippen LogP contribution in [0.3, 0.4) is 0 Å². The van der Waals surface area contributed by atoms with Crippen LogP contribution in [0.5, 0.6) is 0 Å². The Labute approximate surface area is 202 Å². The van der Waals surface area contributed by atoms with Crippen molar-refractivity contribution in [2.45, 2.75) is 13.1 Å². The van der Waals surface area contributed by atoms with Crippen molar-refractivity contribution in [3.63, 3.8) is 0 Å². The first-order valence-electron chi connectivity index (χ1n) is 10.9. The maximum atomic E-state index is 14.9. The van der Waals surface area contributed by atoms with Crippen LogP contribution in [0.1, 0.15) is 32.6 Å². The summed E-state index contributed by atoms with van der Waals surface area (Å²) >= 11 is 0. The zero-order chi connectivity index (χ0) is 25.6. The topological polar surface area (TPSA) is 95.4 Å². The highest BCUT2D eigenvalue weighted by Gasteiger charge is 2.33. The van der Waals surface area contributed by atoms with E-state index in [4.69, 9.17) is 0 Å². The minimum Gasteiger partial charge on any atom is -0.357 e. The zero-order valence-corrected chi connectivity index (χ0v) is 19.1. The number of hydrogen-bond donors (Lipinski definition) is 2. The fourth-order valence-corrected chi connectivity index (χ4v) is 4.12. The molecule has 184 valence electrons. The molecule has 2 aromatic heterocycles. The Bertz CT molecular complexity index is 1450. The number of amides is 1. The number of fused-ring (bicyclic) bond motifs is 3. The van der Waals surface area contributed by atoms with E-state index < -0.39 is 23.5 Å². The Morgan fingerprint density at radius 3 is 2.72 bits per heavy atom. The molecule has 0 spiro atoms. The van der Waals surface area contributed by atoms with Crippen LogP contribution in [0.4, 0.5) is 35.1 Å². The van der Waals surface area contributed by atoms with Crippen molar-refractivity contribution in [3.8, 4) is 0 Å². The number of pyridine rings is 1. The highest BCUT2D eigenvalue weighted by Crippen LogP contribution is 2.37. The molecule has 1 aromatic carbocycles. The Morgan fingerprint density at radius 2 is 1.97 bits per heavy atom. The van der Waals surface area contributed by atoms with E-state index >= 15 is 0 Å². The molecule has 0 fully saturated rings. The molecule has 3 aromatic rings. The third kappa shape index (κ3) is 4.14. The lowest BCUT2D eigenvalue weighted by atomic mass is 9.93. The Kier molecular flexibility index (Phi) is 5.65. The van der Waals surface area contributed by atoms with Crippen molar-refractivity contribution in [1.29, 1.82) is 0 Å². The number of hydrogen-bond acceptors (Lipinski definition) is 7. The number of nitrogens with one attached hydrogen (secondary N) is 2. The van der Waals surface area contributed by atoms with E-state index in [1.54, 1.807) is 20.2 Å². The first-order valence-corrected chi connectivity index (χ1v) is 10.9. The standard InChI is InChI=1S/C24H19F4N7O/c1-12-7-18(25)17(22(36)33-19-9-14(3-4-30-19)24(26,27)28)10-15(12)16-8-13-11-32-23(29-2)34-20(13)35-6-5-31-21(16)35/h3-4,7-11H,5-6H2,1-2H3,(H,29,32,34)(H,30,33,36). The third-order valence-corrected chi connectivity index (χ3v) is 5.83. The van der Waals surface area contributed by atoms with Gasteiger partial charge in [-0.15, -0.1) is 0 Å². The molecule has 2 aliphatic heterocycles. The van der Waals surface area contributed by atoms with Crippen molar-refractivity contribution in [2.24, 2.45) is 4.99 Å². The fraction of sp³-hybridized carbons (Fsp3) is 0.208. The lowest BCUT2D eigenvalue weighted by Crippen LogP contribution is -2.32. The van der Waals surface area contributed by atoms with Gasteiger partial charge in [0, 0.05) is 37.1 Å². The average molecular weight is 497 g/mol. The Balaban J connectivity index is 1.54. The normalized spacial score (nSPS) is 14.6. The third-order valence-electron chi connectivity index (χ3n) is 5.83. The molecule has 0 saturated carbocycles. The predicted octanol–water partition coefficient (Wildman–Crippen LogP) is 4.40. The molecule has 2 N–H and O–H groups in total. The van der Waals surface area contributed by atoms with E-state index in [1.165, 1.54) is 12.1 Å². The van der Waals surface area contributed by atoms with Crippen LogP contribution < -0.4 is 15.5 Å². The molecule has 36 heavy (non-hydrogen) atoms. The second kappa shape index (κ2) is 8.70. The van der Waals surface area contributed by atoms with Gasteiger partial charge in [-0.05, 0) is 48.4 Å². The minimum atomic E-state index is -4.61. The second-order valence-electron chi connectivity index (χ2n) is 8.17. The van der Waals surface area contributed by atoms with Gasteiger partial charge in [0.15, 0.2) is 0 Å². The molecular formula is C24H19F4N7O. The maximum Gasteiger partial charge on any atom is 0.416 e. The monoisotopic (exact) mass is 497 g/mol. The zero-order valence-electron chi connectivity index (χ0n) is 19.1. The van der Waals surface area contributed by atoms with Gasteiger partial charge in [-0.1, -0.05) is 0 Å². The number of benzene rings is 1. The number of amidine groups is 1. The number of nitrogens with zero attached hydrogens (tertiary/aromatic N) is 5. The summed E-state index contributed by atoms with van der Waals surface area (Å²) in [5.74, 6) is -0.316. The van der Waals surface area contributed by atoms with Crippen molar-refractivity contribution in [1.82, 2.24) is 15.0 Å². The summed E-state index contributed by atoms with van der Waals surface area (Å²) in [5.41, 5.74) is 1.17. The number of alkyl halides is 3. The first kappa shape index (κ1) is 23.4. The molecule has 0 atom stereocenters. The number of halogens is 4. The molecule has 5 rings (SSSR count). The smallest absolute Gasteiger partial charge is 0.357 e. The minimum absolute atomic E-state index is 0.339. The van der Waals surface area contributed by atoms with Gasteiger partial charge in [-0.2, -0.15) is 18.2 Å². The van der Waals surface area contributed by atoms with Crippen LogP contribution in [0.25, 0.3) is 11.6 Å². The number of carbonyl (C=O) groups excluding carboxylic acids is 1. The molecule has 8 nitrogen and oxygen atoms in total. The largest absolute Gasteiger partial charge is 0.416 e. The number of rotatable bonds is 4. The fourth-order valence-electron chi connectivity index (χ4n) is 4.12. The van der Waals surface area contributed by atoms with E-state index in [1.807, 2.05) is 11.0 Å². The van der Waals surface area contributed by atoms with Crippen molar-refractivity contribution < 1.29 is 22.4 Å². The van der Waals surface area contributed by atoms with Gasteiger partial charge in [0.1, 0.15) is 23.3 Å². The van der Waals surface area contributed by atoms with E-state index in [2.05, 4.69) is 30.6 Å². The molecular weight excluding hydrogens is 478 g/mol. The number of anilines is 3. The van der Waals surface area contributed by atoms with Crippen LogP contribution in [-0.4, -0.2) is 46.8 Å². The van der Waals surface area contributed by atoms with Crippen LogP contribution in [0, 0.1) is 12.7 Å². The van der Waals surface area contributed by atoms with Gasteiger partial charge in [0.2, 0.25) is 5.95 Å². The summed E-state index contributed by atoms with van der Waals surface area (Å²) in [5, 5.41) is 5.16. The Morgan fingerprint density at radius 1 is 1.17 bits per heavy atom. The summed E-state index contributed by atoms with van der Waals surface area (Å²) in [6.45, 7) is 2.82. The Hall–Kier alpha value is -4.35. The van der Waals surface area contributed by atoms with Gasteiger partial charge in [-0.25, -0.2) is 14.4 Å². The van der Waals surface area contributed by atoms with Crippen LogP contribution in [0.15, 0.2) is 41.7 Å². The van der Waals surface area contributed by atoms with Crippen LogP contribution in [0.2, 0.25) is 0 Å². The summed E-state index contributed by atoms with van der Waals surface area (Å²) in [4.78, 5) is 31.9. The summed E-state index contributed by atoms with van der Waals surface area (Å²) in [6, 6.07) is 4.05. The molecule has 0 unspecified atom stereocenters. The molecule has 2 aliphatic rings. The van der Waals surface area contributed by atoms with E-state index in [0.717, 1.165) is 17.8 Å². The molecule has 1 amide bonds. The molecule has 0 aliphatic carbocycles. The van der Waals surface area contributed by atoms with E-state index in [-0.39, 0.29) is 11.4 Å². The van der Waals surface area contributed by atoms with E-state index in [0.29, 0.717) is 53.5 Å². The highest BCUT2D eigenvalue weighted by molar-refractivity contribution is 6.36. The SMILES string of the molecule is CNc1ncc2c(n1)N1CCN=C1C(c1cc(C(=O)Nc3cc(C(F)(F)F)ccn3)c(F)cc1C)=C2. The maximum absolute atomic E-state index is 14.9. The van der Waals surface area contributed by atoms with Gasteiger partial charge < -0.3 is 15.5 Å². The lowest BCUT2D eigenvalue weighted by Gasteiger charge is -2.28. The van der Waals surface area contributed by atoms with Crippen LogP contribution >= 0.6 is 0 Å². The summed E-state index contributed by atoms with van der Waals surface area (Å²) in [6.07, 6.45) is -0.200. The summed E-state index contributed by atoms with van der Waals surface area (Å²) in [7, 11) is 1.72. The quantitative estimate of drug-likeness (QED) is 0.519. The number of aliphatic imine (C=N–C) groups is 1. The second-order valence-corrected chi connectivity index (χ2v) is 8.17. The molecule has 0 radical (unpaired) electrons. The predicted molar refractivity (Wildman–Crippen MR) is 127 cm³/mol. The van der Waals surface area contributed by atoms with Gasteiger partial charge in [-0.3, -0.25) is 9.79 Å². The van der Waals surface area contributed by atoms with Crippen molar-refractivity contribution >= 4 is 41.0 Å². The van der Waals surface area contributed by atoms with Gasteiger partial charge in [0.25, 0.3) is 5.91 Å². The molecule has 0 saturated heterocycles. The number of aryl methyl sites for hydroxylation is 1. The lowest BCUT2D eigenvalue weighted by molar-refractivity contribution is -0.137. The van der Waals surface area contributed by atoms with Crippen molar-refractivity contribution in [2.75, 3.05) is 35.7 Å². The van der Waals surface area contributed by atoms with Crippen molar-refractivity contribution in [3.05, 3.63) is 70.3 Å². The molecule has 4 heterocycles. The number of aromatic nitrogens is 3. The number of carbonyl (C=O) groups is 1.